The van der Waals surface area contributed by atoms with Gasteiger partial charge in [0.15, 0.2) is 21.3 Å². The van der Waals surface area contributed by atoms with E-state index in [9.17, 15) is 13.2 Å². The monoisotopic (exact) mass is 361 g/mol. The van der Waals surface area contributed by atoms with Crippen molar-refractivity contribution in [3.63, 3.8) is 0 Å². The molecule has 1 amide bonds. The van der Waals surface area contributed by atoms with Crippen molar-refractivity contribution < 1.29 is 22.7 Å². The molecule has 25 heavy (non-hydrogen) atoms. The van der Waals surface area contributed by atoms with Crippen LogP contribution in [-0.2, 0) is 14.6 Å². The van der Waals surface area contributed by atoms with Crippen molar-refractivity contribution in [3.05, 3.63) is 48.5 Å². The summed E-state index contributed by atoms with van der Waals surface area (Å²) < 4.78 is 35.9. The molecule has 6 nitrogen and oxygen atoms in total. The second kappa shape index (κ2) is 6.76. The maximum absolute atomic E-state index is 12.6. The van der Waals surface area contributed by atoms with Crippen molar-refractivity contribution in [2.24, 2.45) is 0 Å². The summed E-state index contributed by atoms with van der Waals surface area (Å²) in [6.45, 7) is 3.29. The van der Waals surface area contributed by atoms with Gasteiger partial charge >= 0.3 is 0 Å². The molecule has 3 rings (SSSR count). The Balaban J connectivity index is 1.85. The average molecular weight is 361 g/mol. The number of anilines is 1. The lowest BCUT2D eigenvalue weighted by Gasteiger charge is -2.31. The van der Waals surface area contributed by atoms with E-state index in [1.165, 1.54) is 6.07 Å². The van der Waals surface area contributed by atoms with E-state index in [1.54, 1.807) is 50.2 Å². The summed E-state index contributed by atoms with van der Waals surface area (Å²) in [6.07, 6.45) is -1.39. The molecule has 2 aromatic carbocycles. The van der Waals surface area contributed by atoms with Gasteiger partial charge in [0.05, 0.1) is 16.3 Å². The van der Waals surface area contributed by atoms with Crippen LogP contribution in [0.3, 0.4) is 0 Å². The number of fused-ring (bicyclic) bond motifs is 1. The lowest BCUT2D eigenvalue weighted by molar-refractivity contribution is -0.128. The standard InChI is InChI=1S/C18H19NO5S/c1-3-25(21,22)16-11-7-4-8-13(16)19-18(20)17-12(2)23-14-9-5-6-10-15(14)24-17/h4-12,17H,3H2,1-2H3,(H,19,20). The first kappa shape index (κ1) is 17.3. The van der Waals surface area contributed by atoms with Gasteiger partial charge in [0, 0.05) is 0 Å². The third kappa shape index (κ3) is 3.46. The van der Waals surface area contributed by atoms with E-state index >= 15 is 0 Å². The smallest absolute Gasteiger partial charge is 0.269 e. The van der Waals surface area contributed by atoms with Crippen LogP contribution in [-0.4, -0.2) is 32.3 Å². The number of carbonyl (C=O) groups excluding carboxylic acids is 1. The zero-order valence-electron chi connectivity index (χ0n) is 13.9. The number of ether oxygens (including phenoxy) is 2. The molecule has 2 unspecified atom stereocenters. The Morgan fingerprint density at radius 1 is 1.04 bits per heavy atom. The van der Waals surface area contributed by atoms with Crippen LogP contribution < -0.4 is 14.8 Å². The molecule has 1 heterocycles. The van der Waals surface area contributed by atoms with Crippen LogP contribution in [0.5, 0.6) is 11.5 Å². The molecule has 2 aromatic rings. The van der Waals surface area contributed by atoms with E-state index in [1.807, 2.05) is 6.07 Å². The predicted molar refractivity (Wildman–Crippen MR) is 93.7 cm³/mol. The summed E-state index contributed by atoms with van der Waals surface area (Å²) in [6, 6.07) is 13.4. The Morgan fingerprint density at radius 3 is 2.32 bits per heavy atom. The fourth-order valence-corrected chi connectivity index (χ4v) is 3.66. The molecule has 0 bridgehead atoms. The van der Waals surface area contributed by atoms with Crippen LogP contribution in [0.15, 0.2) is 53.4 Å². The molecule has 0 fully saturated rings. The number of sulfone groups is 1. The van der Waals surface area contributed by atoms with E-state index in [-0.39, 0.29) is 16.3 Å². The fraction of sp³-hybridized carbons (Fsp3) is 0.278. The number of benzene rings is 2. The first-order valence-electron chi connectivity index (χ1n) is 7.97. The maximum Gasteiger partial charge on any atom is 0.269 e. The Morgan fingerprint density at radius 2 is 1.64 bits per heavy atom. The van der Waals surface area contributed by atoms with Gasteiger partial charge in [-0.05, 0) is 31.2 Å². The van der Waals surface area contributed by atoms with Gasteiger partial charge in [-0.15, -0.1) is 0 Å². The van der Waals surface area contributed by atoms with Gasteiger partial charge in [-0.25, -0.2) is 8.42 Å². The van der Waals surface area contributed by atoms with Crippen molar-refractivity contribution in [1.29, 1.82) is 0 Å². The van der Waals surface area contributed by atoms with E-state index in [0.717, 1.165) is 0 Å². The maximum atomic E-state index is 12.6. The third-order valence-corrected chi connectivity index (χ3v) is 5.75. The average Bonchev–Trinajstić information content (AvgIpc) is 2.61. The minimum atomic E-state index is -3.45. The minimum absolute atomic E-state index is 0.0489. The van der Waals surface area contributed by atoms with Crippen molar-refractivity contribution in [2.75, 3.05) is 11.1 Å². The number of nitrogens with one attached hydrogen (secondary N) is 1. The lowest BCUT2D eigenvalue weighted by Crippen LogP contribution is -2.46. The summed E-state index contributed by atoms with van der Waals surface area (Å²) in [5, 5.41) is 2.66. The van der Waals surface area contributed by atoms with Crippen molar-refractivity contribution in [1.82, 2.24) is 0 Å². The van der Waals surface area contributed by atoms with Gasteiger partial charge in [-0.1, -0.05) is 31.2 Å². The molecular formula is C18H19NO5S. The normalized spacial score (nSPS) is 19.3. The molecule has 0 aromatic heterocycles. The zero-order valence-corrected chi connectivity index (χ0v) is 14.7. The first-order valence-corrected chi connectivity index (χ1v) is 9.62. The van der Waals surface area contributed by atoms with E-state index in [2.05, 4.69) is 5.32 Å². The van der Waals surface area contributed by atoms with Crippen molar-refractivity contribution in [2.45, 2.75) is 31.0 Å². The molecule has 0 spiro atoms. The largest absolute Gasteiger partial charge is 0.482 e. The number of rotatable bonds is 4. The van der Waals surface area contributed by atoms with Gasteiger partial charge < -0.3 is 14.8 Å². The highest BCUT2D eigenvalue weighted by atomic mass is 32.2. The van der Waals surface area contributed by atoms with E-state index in [4.69, 9.17) is 9.47 Å². The first-order chi connectivity index (χ1) is 11.9. The van der Waals surface area contributed by atoms with Gasteiger partial charge in [-0.2, -0.15) is 0 Å². The SMILES string of the molecule is CCS(=O)(=O)c1ccccc1NC(=O)C1Oc2ccccc2OC1C. The van der Waals surface area contributed by atoms with Crippen LogP contribution >= 0.6 is 0 Å². The molecule has 1 N–H and O–H groups in total. The molecule has 2 atom stereocenters. The Bertz CT molecular complexity index is 894. The van der Waals surface area contributed by atoms with Crippen molar-refractivity contribution >= 4 is 21.4 Å². The fourth-order valence-electron chi connectivity index (χ4n) is 2.61. The van der Waals surface area contributed by atoms with E-state index < -0.39 is 28.0 Å². The van der Waals surface area contributed by atoms with Crippen LogP contribution in [0.25, 0.3) is 0 Å². The highest BCUT2D eigenvalue weighted by Gasteiger charge is 2.34. The third-order valence-electron chi connectivity index (χ3n) is 3.96. The van der Waals surface area contributed by atoms with Gasteiger partial charge in [0.1, 0.15) is 6.10 Å². The predicted octanol–water partition coefficient (Wildman–Crippen LogP) is 2.65. The topological polar surface area (TPSA) is 81.7 Å². The summed E-state index contributed by atoms with van der Waals surface area (Å²) in [4.78, 5) is 12.7. The van der Waals surface area contributed by atoms with Crippen LogP contribution in [0.4, 0.5) is 5.69 Å². The number of para-hydroxylation sites is 3. The second-order valence-electron chi connectivity index (χ2n) is 5.70. The molecule has 0 aliphatic carbocycles. The number of amides is 1. The number of hydrogen-bond acceptors (Lipinski definition) is 5. The Hall–Kier alpha value is -2.54. The van der Waals surface area contributed by atoms with Crippen molar-refractivity contribution in [3.8, 4) is 11.5 Å². The quantitative estimate of drug-likeness (QED) is 0.905. The highest BCUT2D eigenvalue weighted by molar-refractivity contribution is 7.91. The summed E-state index contributed by atoms with van der Waals surface area (Å²) >= 11 is 0. The second-order valence-corrected chi connectivity index (χ2v) is 7.94. The Labute approximate surface area is 146 Å². The molecule has 7 heteroatoms. The number of carbonyl (C=O) groups is 1. The Kier molecular flexibility index (Phi) is 4.67. The van der Waals surface area contributed by atoms with Crippen LogP contribution in [0, 0.1) is 0 Å². The van der Waals surface area contributed by atoms with Gasteiger partial charge in [0.2, 0.25) is 6.10 Å². The summed E-state index contributed by atoms with van der Waals surface area (Å²) in [5.74, 6) is 0.552. The van der Waals surface area contributed by atoms with Gasteiger partial charge in [-0.3, -0.25) is 4.79 Å². The minimum Gasteiger partial charge on any atom is -0.482 e. The summed E-state index contributed by atoms with van der Waals surface area (Å²) in [5.41, 5.74) is 0.240. The molecule has 1 aliphatic heterocycles. The highest BCUT2D eigenvalue weighted by Crippen LogP contribution is 2.34. The van der Waals surface area contributed by atoms with Crippen LogP contribution in [0.1, 0.15) is 13.8 Å². The van der Waals surface area contributed by atoms with Crippen LogP contribution in [0.2, 0.25) is 0 Å². The van der Waals surface area contributed by atoms with E-state index in [0.29, 0.717) is 11.5 Å². The number of hydrogen-bond donors (Lipinski definition) is 1. The molecular weight excluding hydrogens is 342 g/mol. The van der Waals surface area contributed by atoms with Gasteiger partial charge in [0.25, 0.3) is 5.91 Å². The molecule has 0 radical (unpaired) electrons. The molecule has 0 saturated carbocycles. The molecule has 1 aliphatic rings. The summed E-state index contributed by atoms with van der Waals surface area (Å²) in [7, 11) is -3.45. The molecule has 0 saturated heterocycles. The zero-order chi connectivity index (χ0) is 18.0. The lowest BCUT2D eigenvalue weighted by atomic mass is 10.1. The molecule has 132 valence electrons.